The monoisotopic (exact) mass is 441 g/mol. The summed E-state index contributed by atoms with van der Waals surface area (Å²) < 4.78 is 5.55. The molecule has 31 heavy (non-hydrogen) atoms. The molecule has 0 radical (unpaired) electrons. The summed E-state index contributed by atoms with van der Waals surface area (Å²) >= 11 is 1.51. The molecule has 166 valence electrons. The number of rotatable bonds is 9. The van der Waals surface area contributed by atoms with E-state index in [1.807, 2.05) is 19.2 Å². The fraction of sp³-hybridized carbons (Fsp3) is 0.500. The van der Waals surface area contributed by atoms with Gasteiger partial charge in [0.1, 0.15) is 10.7 Å². The van der Waals surface area contributed by atoms with Crippen LogP contribution in [0.3, 0.4) is 0 Å². The minimum atomic E-state index is -0.559. The van der Waals surface area contributed by atoms with Crippen LogP contribution in [-0.4, -0.2) is 51.4 Å². The highest BCUT2D eigenvalue weighted by molar-refractivity contribution is 7.17. The van der Waals surface area contributed by atoms with Crippen LogP contribution in [0, 0.1) is 13.8 Å². The van der Waals surface area contributed by atoms with Crippen LogP contribution in [0.4, 0.5) is 0 Å². The average Bonchev–Trinajstić information content (AvgIpc) is 3.47. The van der Waals surface area contributed by atoms with E-state index < -0.39 is 6.10 Å². The van der Waals surface area contributed by atoms with Crippen molar-refractivity contribution in [2.24, 2.45) is 0 Å². The normalized spacial score (nSPS) is 15.3. The van der Waals surface area contributed by atoms with Crippen molar-refractivity contribution in [3.8, 4) is 11.1 Å². The summed E-state index contributed by atoms with van der Waals surface area (Å²) in [6.45, 7) is 9.39. The van der Waals surface area contributed by atoms with E-state index in [2.05, 4.69) is 41.9 Å². The summed E-state index contributed by atoms with van der Waals surface area (Å²) in [6.07, 6.45) is 1.76. The molecule has 0 spiro atoms. The van der Waals surface area contributed by atoms with Crippen molar-refractivity contribution in [1.82, 2.24) is 14.9 Å². The minimum Gasteiger partial charge on any atom is -0.389 e. The van der Waals surface area contributed by atoms with E-state index in [1.165, 1.54) is 16.9 Å². The van der Waals surface area contributed by atoms with E-state index >= 15 is 0 Å². The number of thiophene rings is 1. The van der Waals surface area contributed by atoms with Crippen molar-refractivity contribution in [2.75, 3.05) is 13.2 Å². The first-order valence-electron chi connectivity index (χ1n) is 10.9. The van der Waals surface area contributed by atoms with Crippen molar-refractivity contribution in [3.63, 3.8) is 0 Å². The van der Waals surface area contributed by atoms with Gasteiger partial charge in [0, 0.05) is 23.5 Å². The molecular formula is C24H31N3O3S. The predicted octanol–water partition coefficient (Wildman–Crippen LogP) is 4.02. The number of benzene rings is 1. The third kappa shape index (κ3) is 5.23. The lowest BCUT2D eigenvalue weighted by atomic mass is 9.99. The van der Waals surface area contributed by atoms with Crippen molar-refractivity contribution in [1.29, 1.82) is 0 Å². The van der Waals surface area contributed by atoms with Gasteiger partial charge in [-0.15, -0.1) is 11.3 Å². The van der Waals surface area contributed by atoms with E-state index in [0.717, 1.165) is 34.4 Å². The fourth-order valence-electron chi connectivity index (χ4n) is 3.89. The summed E-state index contributed by atoms with van der Waals surface area (Å²) in [7, 11) is 0. The van der Waals surface area contributed by atoms with Gasteiger partial charge in [0.05, 0.1) is 30.7 Å². The predicted molar refractivity (Wildman–Crippen MR) is 126 cm³/mol. The number of aromatic nitrogens is 2. The van der Waals surface area contributed by atoms with Crippen LogP contribution < -0.4 is 5.56 Å². The zero-order valence-electron chi connectivity index (χ0n) is 18.6. The number of aliphatic hydroxyl groups is 1. The van der Waals surface area contributed by atoms with Crippen LogP contribution in [0.2, 0.25) is 0 Å². The lowest BCUT2D eigenvalue weighted by molar-refractivity contribution is -0.0110. The van der Waals surface area contributed by atoms with E-state index in [1.54, 1.807) is 0 Å². The van der Waals surface area contributed by atoms with E-state index in [4.69, 9.17) is 9.72 Å². The highest BCUT2D eigenvalue weighted by atomic mass is 32.1. The Morgan fingerprint density at radius 1 is 1.29 bits per heavy atom. The molecule has 2 heterocycles. The summed E-state index contributed by atoms with van der Waals surface area (Å²) in [5.74, 6) is 0.649. The van der Waals surface area contributed by atoms with Crippen LogP contribution in [0.25, 0.3) is 21.3 Å². The maximum atomic E-state index is 13.0. The highest BCUT2D eigenvalue weighted by Crippen LogP contribution is 2.34. The minimum absolute atomic E-state index is 0.0921. The SMILES string of the molecule is Cc1ccc(C)c(-c2csc3nc(CN(CC(O)COC(C)C)C4CC4)[nH]c(=O)c23)c1. The summed E-state index contributed by atoms with van der Waals surface area (Å²) in [5.41, 5.74) is 4.24. The Morgan fingerprint density at radius 2 is 2.06 bits per heavy atom. The Balaban J connectivity index is 1.58. The number of nitrogens with one attached hydrogen (secondary N) is 1. The maximum Gasteiger partial charge on any atom is 0.260 e. The second-order valence-electron chi connectivity index (χ2n) is 8.86. The molecule has 0 bridgehead atoms. The zero-order chi connectivity index (χ0) is 22.1. The molecule has 1 aromatic carbocycles. The molecule has 1 aliphatic carbocycles. The van der Waals surface area contributed by atoms with Gasteiger partial charge >= 0.3 is 0 Å². The summed E-state index contributed by atoms with van der Waals surface area (Å²) in [5, 5.41) is 13.1. The lowest BCUT2D eigenvalue weighted by Gasteiger charge is -2.24. The van der Waals surface area contributed by atoms with Crippen molar-refractivity contribution >= 4 is 21.6 Å². The molecule has 4 rings (SSSR count). The molecule has 2 N–H and O–H groups in total. The molecule has 1 unspecified atom stereocenters. The maximum absolute atomic E-state index is 13.0. The third-order valence-corrected chi connectivity index (χ3v) is 6.53. The smallest absolute Gasteiger partial charge is 0.260 e. The Labute approximate surface area is 186 Å². The fourth-order valence-corrected chi connectivity index (χ4v) is 4.85. The van der Waals surface area contributed by atoms with Crippen molar-refractivity contribution in [3.05, 3.63) is 50.9 Å². The first-order chi connectivity index (χ1) is 14.8. The number of hydrogen-bond donors (Lipinski definition) is 2. The van der Waals surface area contributed by atoms with Crippen LogP contribution >= 0.6 is 11.3 Å². The van der Waals surface area contributed by atoms with Gasteiger partial charge in [-0.3, -0.25) is 9.69 Å². The molecule has 3 aromatic rings. The van der Waals surface area contributed by atoms with E-state index in [9.17, 15) is 9.90 Å². The van der Waals surface area contributed by atoms with Gasteiger partial charge in [-0.25, -0.2) is 4.98 Å². The largest absolute Gasteiger partial charge is 0.389 e. The van der Waals surface area contributed by atoms with Crippen LogP contribution in [-0.2, 0) is 11.3 Å². The van der Waals surface area contributed by atoms with E-state index in [-0.39, 0.29) is 11.7 Å². The third-order valence-electron chi connectivity index (χ3n) is 5.66. The first-order valence-corrected chi connectivity index (χ1v) is 11.8. The molecule has 1 fully saturated rings. The van der Waals surface area contributed by atoms with Gasteiger partial charge in [0.15, 0.2) is 0 Å². The summed E-state index contributed by atoms with van der Waals surface area (Å²) in [4.78, 5) is 23.8. The quantitative estimate of drug-likeness (QED) is 0.524. The van der Waals surface area contributed by atoms with Gasteiger partial charge < -0.3 is 14.8 Å². The highest BCUT2D eigenvalue weighted by Gasteiger charge is 2.31. The second-order valence-corrected chi connectivity index (χ2v) is 9.72. The Hall–Kier alpha value is -2.06. The lowest BCUT2D eigenvalue weighted by Crippen LogP contribution is -2.37. The van der Waals surface area contributed by atoms with Crippen LogP contribution in [0.5, 0.6) is 0 Å². The topological polar surface area (TPSA) is 78.5 Å². The number of H-pyrrole nitrogens is 1. The molecule has 7 heteroatoms. The Bertz CT molecular complexity index is 1120. The molecule has 0 saturated heterocycles. The van der Waals surface area contributed by atoms with Crippen molar-refractivity contribution in [2.45, 2.75) is 65.3 Å². The molecule has 6 nitrogen and oxygen atoms in total. The zero-order valence-corrected chi connectivity index (χ0v) is 19.5. The molecular weight excluding hydrogens is 410 g/mol. The number of nitrogens with zero attached hydrogens (tertiary/aromatic N) is 2. The van der Waals surface area contributed by atoms with Gasteiger partial charge in [0.25, 0.3) is 5.56 Å². The number of hydrogen-bond acceptors (Lipinski definition) is 6. The standard InChI is InChI=1S/C24H31N3O3S/c1-14(2)30-12-18(28)10-27(17-7-8-17)11-21-25-23(29)22-20(13-31-24(22)26-21)19-9-15(3)5-6-16(19)4/h5-6,9,13-14,17-18,28H,7-8,10-12H2,1-4H3,(H,25,26,29). The van der Waals surface area contributed by atoms with Crippen LogP contribution in [0.15, 0.2) is 28.4 Å². The van der Waals surface area contributed by atoms with Crippen LogP contribution in [0.1, 0.15) is 43.6 Å². The average molecular weight is 442 g/mol. The molecule has 1 aliphatic rings. The summed E-state index contributed by atoms with van der Waals surface area (Å²) in [6, 6.07) is 6.73. The van der Waals surface area contributed by atoms with Gasteiger partial charge in [-0.1, -0.05) is 23.8 Å². The second kappa shape index (κ2) is 9.20. The molecule has 1 saturated carbocycles. The first kappa shape index (κ1) is 22.1. The number of fused-ring (bicyclic) bond motifs is 1. The van der Waals surface area contributed by atoms with Gasteiger partial charge in [0.2, 0.25) is 0 Å². The molecule has 2 aromatic heterocycles. The number of aromatic amines is 1. The molecule has 0 aliphatic heterocycles. The van der Waals surface area contributed by atoms with Crippen molar-refractivity contribution < 1.29 is 9.84 Å². The Morgan fingerprint density at radius 3 is 2.77 bits per heavy atom. The Kier molecular flexibility index (Phi) is 6.57. The van der Waals surface area contributed by atoms with Gasteiger partial charge in [-0.2, -0.15) is 0 Å². The number of ether oxygens (including phenoxy) is 1. The number of aliphatic hydroxyl groups excluding tert-OH is 1. The molecule has 1 atom stereocenters. The molecule has 0 amide bonds. The van der Waals surface area contributed by atoms with E-state index in [0.29, 0.717) is 36.9 Å². The number of aryl methyl sites for hydroxylation is 2. The van der Waals surface area contributed by atoms with Gasteiger partial charge in [-0.05, 0) is 51.7 Å².